The van der Waals surface area contributed by atoms with Gasteiger partial charge in [-0.25, -0.2) is 0 Å². The molecule has 1 amide bonds. The molecule has 0 aliphatic carbocycles. The van der Waals surface area contributed by atoms with Crippen molar-refractivity contribution >= 4 is 28.5 Å². The van der Waals surface area contributed by atoms with Crippen LogP contribution in [-0.4, -0.2) is 48.4 Å². The van der Waals surface area contributed by atoms with Crippen LogP contribution in [0.15, 0.2) is 18.2 Å². The van der Waals surface area contributed by atoms with E-state index in [0.29, 0.717) is 12.0 Å². The van der Waals surface area contributed by atoms with E-state index in [0.717, 1.165) is 28.6 Å². The number of carbonyl (C=O) groups excluding carboxylic acids is 1. The fourth-order valence-corrected chi connectivity index (χ4v) is 4.41. The Hall–Kier alpha value is -0.620. The third-order valence-electron chi connectivity index (χ3n) is 5.06. The van der Waals surface area contributed by atoms with Gasteiger partial charge in [-0.05, 0) is 79.9 Å². The molecule has 1 aromatic rings. The van der Waals surface area contributed by atoms with E-state index in [1.165, 1.54) is 24.9 Å². The summed E-state index contributed by atoms with van der Waals surface area (Å²) >= 11 is 2.30. The highest BCUT2D eigenvalue weighted by Crippen LogP contribution is 2.30. The smallest absolute Gasteiger partial charge is 0.254 e. The molecule has 0 radical (unpaired) electrons. The van der Waals surface area contributed by atoms with Gasteiger partial charge in [-0.15, -0.1) is 0 Å². The molecule has 21 heavy (non-hydrogen) atoms. The number of aryl methyl sites for hydroxylation is 1. The summed E-state index contributed by atoms with van der Waals surface area (Å²) in [5.74, 6) is 0.874. The van der Waals surface area contributed by atoms with Gasteiger partial charge in [-0.2, -0.15) is 0 Å². The predicted octanol–water partition coefficient (Wildman–Crippen LogP) is 3.16. The number of carbonyl (C=O) groups is 1. The van der Waals surface area contributed by atoms with Crippen LogP contribution < -0.4 is 0 Å². The van der Waals surface area contributed by atoms with Crippen LogP contribution in [0, 0.1) is 16.4 Å². The van der Waals surface area contributed by atoms with Gasteiger partial charge in [-0.3, -0.25) is 4.79 Å². The molecule has 2 aliphatic rings. The number of fused-ring (bicyclic) bond motifs is 1. The second kappa shape index (κ2) is 6.24. The van der Waals surface area contributed by atoms with E-state index in [4.69, 9.17) is 0 Å². The van der Waals surface area contributed by atoms with Crippen molar-refractivity contribution in [1.82, 2.24) is 9.80 Å². The standard InChI is InChI=1S/C17H23IN2O/c1-12-5-3-7-14(16(12)18)17(21)20-10-8-15-13(11-20)6-4-9-19(15)2/h3,5,7,13,15H,4,6,8-11H2,1-2H3. The Labute approximate surface area is 140 Å². The first kappa shape index (κ1) is 15.3. The van der Waals surface area contributed by atoms with Crippen molar-refractivity contribution in [2.24, 2.45) is 5.92 Å². The monoisotopic (exact) mass is 398 g/mol. The van der Waals surface area contributed by atoms with E-state index >= 15 is 0 Å². The molecule has 0 bridgehead atoms. The maximum atomic E-state index is 12.8. The molecule has 2 fully saturated rings. The first-order valence-electron chi connectivity index (χ1n) is 7.82. The summed E-state index contributed by atoms with van der Waals surface area (Å²) in [5, 5.41) is 0. The van der Waals surface area contributed by atoms with Crippen LogP contribution in [0.1, 0.15) is 35.2 Å². The zero-order valence-corrected chi connectivity index (χ0v) is 15.0. The van der Waals surface area contributed by atoms with Crippen LogP contribution >= 0.6 is 22.6 Å². The molecule has 0 aromatic heterocycles. The number of halogens is 1. The number of nitrogens with zero attached hydrogens (tertiary/aromatic N) is 2. The van der Waals surface area contributed by atoms with Crippen molar-refractivity contribution in [2.75, 3.05) is 26.7 Å². The molecular formula is C17H23IN2O. The molecule has 3 nitrogen and oxygen atoms in total. The molecule has 2 unspecified atom stereocenters. The number of amides is 1. The van der Waals surface area contributed by atoms with Crippen molar-refractivity contribution in [3.8, 4) is 0 Å². The van der Waals surface area contributed by atoms with Crippen LogP contribution in [0.25, 0.3) is 0 Å². The zero-order valence-electron chi connectivity index (χ0n) is 12.8. The fourth-order valence-electron chi connectivity index (χ4n) is 3.82. The lowest BCUT2D eigenvalue weighted by Crippen LogP contribution is -2.54. The van der Waals surface area contributed by atoms with Gasteiger partial charge < -0.3 is 9.80 Å². The maximum absolute atomic E-state index is 12.8. The molecule has 0 spiro atoms. The van der Waals surface area contributed by atoms with Gasteiger partial charge in [0.05, 0.1) is 5.56 Å². The highest BCUT2D eigenvalue weighted by atomic mass is 127. The van der Waals surface area contributed by atoms with Gasteiger partial charge in [0, 0.05) is 22.7 Å². The van der Waals surface area contributed by atoms with Crippen LogP contribution in [-0.2, 0) is 0 Å². The Morgan fingerprint density at radius 1 is 1.29 bits per heavy atom. The number of hydrogen-bond acceptors (Lipinski definition) is 2. The van der Waals surface area contributed by atoms with Gasteiger partial charge >= 0.3 is 0 Å². The third-order valence-corrected chi connectivity index (χ3v) is 6.49. The van der Waals surface area contributed by atoms with Crippen LogP contribution in [0.5, 0.6) is 0 Å². The minimum atomic E-state index is 0.217. The molecule has 2 atom stereocenters. The summed E-state index contributed by atoms with van der Waals surface area (Å²) in [4.78, 5) is 17.4. The lowest BCUT2D eigenvalue weighted by Gasteiger charge is -2.46. The largest absolute Gasteiger partial charge is 0.338 e. The SMILES string of the molecule is Cc1cccc(C(=O)N2CCC3C(CCCN3C)C2)c1I. The van der Waals surface area contributed by atoms with Crippen LogP contribution in [0.3, 0.4) is 0 Å². The molecule has 2 aliphatic heterocycles. The van der Waals surface area contributed by atoms with Crippen molar-refractivity contribution < 1.29 is 4.79 Å². The molecule has 2 saturated heterocycles. The van der Waals surface area contributed by atoms with Crippen molar-refractivity contribution in [3.05, 3.63) is 32.9 Å². The molecule has 0 saturated carbocycles. The molecular weight excluding hydrogens is 375 g/mol. The minimum Gasteiger partial charge on any atom is -0.338 e. The minimum absolute atomic E-state index is 0.217. The van der Waals surface area contributed by atoms with Crippen molar-refractivity contribution in [1.29, 1.82) is 0 Å². The fraction of sp³-hybridized carbons (Fsp3) is 0.588. The molecule has 114 valence electrons. The van der Waals surface area contributed by atoms with Crippen LogP contribution in [0.2, 0.25) is 0 Å². The number of likely N-dealkylation sites (tertiary alicyclic amines) is 2. The van der Waals surface area contributed by atoms with Crippen molar-refractivity contribution in [2.45, 2.75) is 32.2 Å². The van der Waals surface area contributed by atoms with E-state index in [-0.39, 0.29) is 5.91 Å². The van der Waals surface area contributed by atoms with Crippen LogP contribution in [0.4, 0.5) is 0 Å². The third kappa shape index (κ3) is 2.97. The summed E-state index contributed by atoms with van der Waals surface area (Å²) in [5.41, 5.74) is 2.06. The van der Waals surface area contributed by atoms with E-state index in [2.05, 4.69) is 52.4 Å². The Morgan fingerprint density at radius 3 is 2.90 bits per heavy atom. The predicted molar refractivity (Wildman–Crippen MR) is 93.6 cm³/mol. The van der Waals surface area contributed by atoms with Gasteiger partial charge in [-0.1, -0.05) is 12.1 Å². The Balaban J connectivity index is 1.76. The van der Waals surface area contributed by atoms with E-state index in [9.17, 15) is 4.79 Å². The van der Waals surface area contributed by atoms with E-state index in [1.54, 1.807) is 0 Å². The Kier molecular flexibility index (Phi) is 4.54. The Bertz CT molecular complexity index is 546. The quantitative estimate of drug-likeness (QED) is 0.679. The molecule has 4 heteroatoms. The number of piperidine rings is 2. The normalized spacial score (nSPS) is 26.5. The number of benzene rings is 1. The van der Waals surface area contributed by atoms with Crippen molar-refractivity contribution in [3.63, 3.8) is 0 Å². The van der Waals surface area contributed by atoms with Gasteiger partial charge in [0.15, 0.2) is 0 Å². The zero-order chi connectivity index (χ0) is 15.0. The highest BCUT2D eigenvalue weighted by Gasteiger charge is 2.36. The molecule has 0 N–H and O–H groups in total. The summed E-state index contributed by atoms with van der Waals surface area (Å²) in [7, 11) is 2.23. The lowest BCUT2D eigenvalue weighted by atomic mass is 9.84. The average molecular weight is 398 g/mol. The second-order valence-corrected chi connectivity index (χ2v) is 7.51. The van der Waals surface area contributed by atoms with Gasteiger partial charge in [0.1, 0.15) is 0 Å². The van der Waals surface area contributed by atoms with E-state index < -0.39 is 0 Å². The summed E-state index contributed by atoms with van der Waals surface area (Å²) < 4.78 is 1.10. The van der Waals surface area contributed by atoms with E-state index in [1.807, 2.05) is 12.1 Å². The maximum Gasteiger partial charge on any atom is 0.254 e. The molecule has 2 heterocycles. The first-order valence-corrected chi connectivity index (χ1v) is 8.90. The number of rotatable bonds is 1. The van der Waals surface area contributed by atoms with Gasteiger partial charge in [0.2, 0.25) is 0 Å². The molecule has 3 rings (SSSR count). The summed E-state index contributed by atoms with van der Waals surface area (Å²) in [6, 6.07) is 6.71. The second-order valence-electron chi connectivity index (χ2n) is 6.43. The number of hydrogen-bond donors (Lipinski definition) is 0. The lowest BCUT2D eigenvalue weighted by molar-refractivity contribution is 0.0316. The van der Waals surface area contributed by atoms with Gasteiger partial charge in [0.25, 0.3) is 5.91 Å². The topological polar surface area (TPSA) is 23.6 Å². The molecule has 1 aromatic carbocycles. The Morgan fingerprint density at radius 2 is 2.10 bits per heavy atom. The highest BCUT2D eigenvalue weighted by molar-refractivity contribution is 14.1. The summed E-state index contributed by atoms with van der Waals surface area (Å²) in [6.45, 7) is 5.11. The summed E-state index contributed by atoms with van der Waals surface area (Å²) in [6.07, 6.45) is 3.65. The first-order chi connectivity index (χ1) is 10.1. The average Bonchev–Trinajstić information content (AvgIpc) is 2.49.